The van der Waals surface area contributed by atoms with Gasteiger partial charge in [0.2, 0.25) is 0 Å². The quantitative estimate of drug-likeness (QED) is 0.362. The van der Waals surface area contributed by atoms with Crippen LogP contribution in [-0.2, 0) is 6.42 Å². The smallest absolute Gasteiger partial charge is 0.327 e. The number of carbonyl (C=O) groups is 1. The Morgan fingerprint density at radius 3 is 2.27 bits per heavy atom. The van der Waals surface area contributed by atoms with Crippen molar-refractivity contribution in [2.75, 3.05) is 6.54 Å². The van der Waals surface area contributed by atoms with Gasteiger partial charge in [0.25, 0.3) is 5.91 Å². The molecule has 0 aliphatic carbocycles. The molecule has 154 valence electrons. The first-order valence-corrected chi connectivity index (χ1v) is 10.1. The molecule has 0 bridgehead atoms. The third-order valence-corrected chi connectivity index (χ3v) is 5.80. The maximum atomic E-state index is 13.5. The monoisotopic (exact) mass is 431 g/mol. The van der Waals surface area contributed by atoms with Crippen LogP contribution in [0.4, 0.5) is 17.6 Å². The van der Waals surface area contributed by atoms with Crippen LogP contribution in [0.5, 0.6) is 0 Å². The van der Waals surface area contributed by atoms with Gasteiger partial charge in [-0.05, 0) is 71.3 Å². The number of carbonyl (C=O) groups excluding carboxylic acids is 1. The molecule has 1 aliphatic rings. The van der Waals surface area contributed by atoms with Crippen molar-refractivity contribution in [1.29, 1.82) is 0 Å². The summed E-state index contributed by atoms with van der Waals surface area (Å²) in [6.07, 6.45) is 0.668. The second-order valence-corrected chi connectivity index (χ2v) is 8.11. The first kappa shape index (κ1) is 20.5. The molecule has 0 radical (unpaired) electrons. The Morgan fingerprint density at radius 2 is 1.60 bits per heavy atom. The third-order valence-electron chi connectivity index (χ3n) is 5.06. The van der Waals surface area contributed by atoms with Crippen LogP contribution in [0.15, 0.2) is 77.7 Å². The fraction of sp³-hybridized carbons (Fsp3) is 0.174. The Hall–Kier alpha value is -2.80. The Kier molecular flexibility index (Phi) is 5.56. The highest BCUT2D eigenvalue weighted by atomic mass is 32.2. The SMILES string of the molecule is O=C(c1ccc(SC(F)(F)F)cc1)N1CCc2ccccc2C1c1ccc(F)cc1. The van der Waals surface area contributed by atoms with Crippen LogP contribution in [0.3, 0.4) is 0 Å². The predicted molar refractivity (Wildman–Crippen MR) is 108 cm³/mol. The molecule has 0 spiro atoms. The average Bonchev–Trinajstić information content (AvgIpc) is 2.72. The summed E-state index contributed by atoms with van der Waals surface area (Å²) >= 11 is -0.214. The van der Waals surface area contributed by atoms with Gasteiger partial charge in [-0.15, -0.1) is 0 Å². The highest BCUT2D eigenvalue weighted by molar-refractivity contribution is 8.00. The summed E-state index contributed by atoms with van der Waals surface area (Å²) in [6.45, 7) is 0.455. The topological polar surface area (TPSA) is 20.3 Å². The van der Waals surface area contributed by atoms with Gasteiger partial charge in [0.05, 0.1) is 6.04 Å². The molecule has 0 aromatic heterocycles. The van der Waals surface area contributed by atoms with E-state index in [1.165, 1.54) is 36.4 Å². The maximum Gasteiger partial charge on any atom is 0.446 e. The number of halogens is 4. The second kappa shape index (κ2) is 8.14. The molecule has 1 heterocycles. The number of hydrogen-bond donors (Lipinski definition) is 0. The van der Waals surface area contributed by atoms with Crippen LogP contribution in [0.2, 0.25) is 0 Å². The molecule has 0 saturated carbocycles. The zero-order chi connectivity index (χ0) is 21.3. The number of amides is 1. The Balaban J connectivity index is 1.68. The van der Waals surface area contributed by atoms with Crippen LogP contribution in [0.25, 0.3) is 0 Å². The molecule has 1 unspecified atom stereocenters. The van der Waals surface area contributed by atoms with E-state index < -0.39 is 11.6 Å². The first-order valence-electron chi connectivity index (χ1n) is 9.32. The highest BCUT2D eigenvalue weighted by Gasteiger charge is 2.33. The molecular weight excluding hydrogens is 414 g/mol. The molecule has 2 nitrogen and oxygen atoms in total. The maximum absolute atomic E-state index is 13.5. The molecule has 1 atom stereocenters. The normalized spacial score (nSPS) is 16.3. The number of thioether (sulfide) groups is 1. The lowest BCUT2D eigenvalue weighted by atomic mass is 9.87. The van der Waals surface area contributed by atoms with Gasteiger partial charge in [-0.2, -0.15) is 13.2 Å². The number of nitrogens with zero attached hydrogens (tertiary/aromatic N) is 1. The minimum atomic E-state index is -4.38. The summed E-state index contributed by atoms with van der Waals surface area (Å²) in [5.74, 6) is -0.638. The van der Waals surface area contributed by atoms with E-state index in [9.17, 15) is 22.4 Å². The lowest BCUT2D eigenvalue weighted by Crippen LogP contribution is -2.40. The second-order valence-electron chi connectivity index (χ2n) is 6.97. The van der Waals surface area contributed by atoms with Gasteiger partial charge in [0, 0.05) is 17.0 Å². The van der Waals surface area contributed by atoms with Gasteiger partial charge < -0.3 is 4.90 Å². The molecule has 30 heavy (non-hydrogen) atoms. The summed E-state index contributed by atoms with van der Waals surface area (Å²) in [4.78, 5) is 15.0. The van der Waals surface area contributed by atoms with Crippen molar-refractivity contribution in [2.24, 2.45) is 0 Å². The van der Waals surface area contributed by atoms with Crippen LogP contribution in [0, 0.1) is 5.82 Å². The zero-order valence-electron chi connectivity index (χ0n) is 15.7. The molecule has 0 saturated heterocycles. The Labute approximate surface area is 175 Å². The van der Waals surface area contributed by atoms with Gasteiger partial charge >= 0.3 is 5.51 Å². The third kappa shape index (κ3) is 4.36. The minimum Gasteiger partial charge on any atom is -0.327 e. The van der Waals surface area contributed by atoms with Crippen molar-refractivity contribution in [3.63, 3.8) is 0 Å². The van der Waals surface area contributed by atoms with Gasteiger partial charge in [0.1, 0.15) is 5.82 Å². The molecule has 1 amide bonds. The van der Waals surface area contributed by atoms with Crippen LogP contribution < -0.4 is 0 Å². The standard InChI is InChI=1S/C23H17F4NOS/c24-18-9-5-16(6-10-18)21-20-4-2-1-3-15(20)13-14-28(21)22(29)17-7-11-19(12-8-17)30-23(25,26)27/h1-12,21H,13-14H2. The van der Waals surface area contributed by atoms with E-state index in [1.54, 1.807) is 17.0 Å². The molecular formula is C23H17F4NOS. The van der Waals surface area contributed by atoms with Crippen molar-refractivity contribution in [3.8, 4) is 0 Å². The van der Waals surface area contributed by atoms with E-state index >= 15 is 0 Å². The minimum absolute atomic E-state index is 0.0260. The van der Waals surface area contributed by atoms with Crippen molar-refractivity contribution in [3.05, 3.63) is 101 Å². The number of alkyl halides is 3. The van der Waals surface area contributed by atoms with E-state index in [2.05, 4.69) is 0 Å². The van der Waals surface area contributed by atoms with E-state index in [0.717, 1.165) is 16.7 Å². The molecule has 4 rings (SSSR count). The number of fused-ring (bicyclic) bond motifs is 1. The first-order chi connectivity index (χ1) is 14.3. The Morgan fingerprint density at radius 1 is 0.933 bits per heavy atom. The predicted octanol–water partition coefficient (Wildman–Crippen LogP) is 6.23. The largest absolute Gasteiger partial charge is 0.446 e. The number of rotatable bonds is 3. The average molecular weight is 431 g/mol. The van der Waals surface area contributed by atoms with E-state index in [4.69, 9.17) is 0 Å². The van der Waals surface area contributed by atoms with Crippen LogP contribution >= 0.6 is 11.8 Å². The summed E-state index contributed by atoms with van der Waals surface area (Å²) in [5.41, 5.74) is -1.20. The van der Waals surface area contributed by atoms with Crippen molar-refractivity contribution >= 4 is 17.7 Å². The summed E-state index contributed by atoms with van der Waals surface area (Å²) in [7, 11) is 0. The van der Waals surface area contributed by atoms with Crippen molar-refractivity contribution in [2.45, 2.75) is 22.9 Å². The lowest BCUT2D eigenvalue weighted by molar-refractivity contribution is -0.0328. The fourth-order valence-electron chi connectivity index (χ4n) is 3.75. The van der Waals surface area contributed by atoms with E-state index in [-0.39, 0.29) is 28.4 Å². The molecule has 1 aliphatic heterocycles. The molecule has 0 fully saturated rings. The lowest BCUT2D eigenvalue weighted by Gasteiger charge is -2.38. The van der Waals surface area contributed by atoms with Gasteiger partial charge in [0.15, 0.2) is 0 Å². The van der Waals surface area contributed by atoms with Gasteiger partial charge in [-0.25, -0.2) is 4.39 Å². The molecule has 7 heteroatoms. The molecule has 0 N–H and O–H groups in total. The van der Waals surface area contributed by atoms with E-state index in [0.29, 0.717) is 18.5 Å². The fourth-order valence-corrected chi connectivity index (χ4v) is 4.29. The molecule has 3 aromatic rings. The van der Waals surface area contributed by atoms with Gasteiger partial charge in [-0.1, -0.05) is 36.4 Å². The van der Waals surface area contributed by atoms with E-state index in [1.807, 2.05) is 24.3 Å². The zero-order valence-corrected chi connectivity index (χ0v) is 16.5. The summed E-state index contributed by atoms with van der Waals surface area (Å²) in [6, 6.07) is 18.9. The summed E-state index contributed by atoms with van der Waals surface area (Å²) in [5, 5.41) is 0. The van der Waals surface area contributed by atoms with Crippen molar-refractivity contribution in [1.82, 2.24) is 4.90 Å². The highest BCUT2D eigenvalue weighted by Crippen LogP contribution is 2.38. The van der Waals surface area contributed by atoms with Gasteiger partial charge in [-0.3, -0.25) is 4.79 Å². The van der Waals surface area contributed by atoms with Crippen LogP contribution in [-0.4, -0.2) is 22.9 Å². The summed E-state index contributed by atoms with van der Waals surface area (Å²) < 4.78 is 51.1. The molecule has 3 aromatic carbocycles. The van der Waals surface area contributed by atoms with Crippen LogP contribution in [0.1, 0.15) is 33.1 Å². The Bertz CT molecular complexity index is 1050. The number of hydrogen-bond acceptors (Lipinski definition) is 2. The van der Waals surface area contributed by atoms with Crippen molar-refractivity contribution < 1.29 is 22.4 Å². The number of benzene rings is 3.